The number of aromatic nitrogens is 3. The first-order valence-corrected chi connectivity index (χ1v) is 14.1. The van der Waals surface area contributed by atoms with Crippen molar-refractivity contribution in [2.45, 2.75) is 50.9 Å². The van der Waals surface area contributed by atoms with E-state index in [1.54, 1.807) is 0 Å². The van der Waals surface area contributed by atoms with Gasteiger partial charge >= 0.3 is 0 Å². The van der Waals surface area contributed by atoms with E-state index in [-0.39, 0.29) is 11.6 Å². The molecule has 1 spiro atoms. The fourth-order valence-corrected chi connectivity index (χ4v) is 5.41. The van der Waals surface area contributed by atoms with Crippen LogP contribution in [0, 0.1) is 0 Å². The quantitative estimate of drug-likeness (QED) is 0.311. The first-order valence-electron chi connectivity index (χ1n) is 14.1. The summed E-state index contributed by atoms with van der Waals surface area (Å²) in [6, 6.07) is 24.2. The Hall–Kier alpha value is -4.17. The van der Waals surface area contributed by atoms with Gasteiger partial charge in [0, 0.05) is 23.9 Å². The molecular formula is C32H33N5O3. The lowest BCUT2D eigenvalue weighted by molar-refractivity contribution is 0.0978. The minimum atomic E-state index is -0.00730. The van der Waals surface area contributed by atoms with Gasteiger partial charge in [-0.1, -0.05) is 36.4 Å². The van der Waals surface area contributed by atoms with Crippen molar-refractivity contribution in [2.24, 2.45) is 0 Å². The van der Waals surface area contributed by atoms with Crippen molar-refractivity contribution in [1.82, 2.24) is 15.0 Å². The van der Waals surface area contributed by atoms with Crippen LogP contribution in [0.15, 0.2) is 72.8 Å². The molecule has 4 heterocycles. The fraction of sp³-hybridized carbons (Fsp3) is 0.344. The fourth-order valence-electron chi connectivity index (χ4n) is 5.41. The monoisotopic (exact) mass is 535 g/mol. The number of nitrogens with zero attached hydrogens (tertiary/aromatic N) is 4. The van der Waals surface area contributed by atoms with E-state index in [0.29, 0.717) is 31.5 Å². The number of hydrogen-bond donors (Lipinski definition) is 1. The van der Waals surface area contributed by atoms with Crippen LogP contribution in [0.25, 0.3) is 11.4 Å². The number of ether oxygens (including phenoxy) is 3. The van der Waals surface area contributed by atoms with Gasteiger partial charge in [-0.25, -0.2) is 4.98 Å². The summed E-state index contributed by atoms with van der Waals surface area (Å²) in [6.07, 6.45) is 4.23. The van der Waals surface area contributed by atoms with Crippen LogP contribution in [0.1, 0.15) is 37.3 Å². The summed E-state index contributed by atoms with van der Waals surface area (Å²) >= 11 is 0. The summed E-state index contributed by atoms with van der Waals surface area (Å²) in [7, 11) is 0. The van der Waals surface area contributed by atoms with Crippen LogP contribution in [0.4, 0.5) is 17.3 Å². The third-order valence-electron chi connectivity index (χ3n) is 7.91. The summed E-state index contributed by atoms with van der Waals surface area (Å²) in [6.45, 7) is 4.89. The Bertz CT molecular complexity index is 1490. The molecule has 0 bridgehead atoms. The molecule has 0 radical (unpaired) electrons. The predicted molar refractivity (Wildman–Crippen MR) is 154 cm³/mol. The number of benzene rings is 2. The minimum absolute atomic E-state index is 0.00730. The summed E-state index contributed by atoms with van der Waals surface area (Å²) in [4.78, 5) is 17.0. The molecule has 204 valence electrons. The molecule has 3 aliphatic rings. The molecule has 7 rings (SSSR count). The normalized spacial score (nSPS) is 19.0. The number of pyridine rings is 1. The molecule has 4 aromatic rings. The van der Waals surface area contributed by atoms with E-state index in [1.165, 1.54) is 0 Å². The number of morpholine rings is 1. The van der Waals surface area contributed by atoms with E-state index in [9.17, 15) is 0 Å². The summed E-state index contributed by atoms with van der Waals surface area (Å²) in [5.41, 5.74) is 4.10. The van der Waals surface area contributed by atoms with Gasteiger partial charge in [-0.2, -0.15) is 9.97 Å². The molecule has 1 saturated carbocycles. The number of rotatable bonds is 7. The van der Waals surface area contributed by atoms with Crippen molar-refractivity contribution in [2.75, 3.05) is 30.0 Å². The number of nitrogens with one attached hydrogen (secondary N) is 1. The van der Waals surface area contributed by atoms with Gasteiger partial charge < -0.3 is 24.4 Å². The third-order valence-corrected chi connectivity index (χ3v) is 7.91. The molecule has 2 aromatic heterocycles. The lowest BCUT2D eigenvalue weighted by Gasteiger charge is -2.37. The highest BCUT2D eigenvalue weighted by molar-refractivity contribution is 5.67. The molecule has 2 aliphatic heterocycles. The molecule has 1 aliphatic carbocycles. The van der Waals surface area contributed by atoms with Gasteiger partial charge in [0.05, 0.1) is 24.8 Å². The summed E-state index contributed by atoms with van der Waals surface area (Å²) < 4.78 is 18.1. The summed E-state index contributed by atoms with van der Waals surface area (Å²) in [5.74, 6) is 3.72. The van der Waals surface area contributed by atoms with Crippen LogP contribution in [0.2, 0.25) is 0 Å². The van der Waals surface area contributed by atoms with Gasteiger partial charge in [-0.05, 0) is 68.5 Å². The lowest BCUT2D eigenvalue weighted by Crippen LogP contribution is -2.45. The Kier molecular flexibility index (Phi) is 6.48. The average Bonchev–Trinajstić information content (AvgIpc) is 3.75. The molecule has 0 amide bonds. The second-order valence-electron chi connectivity index (χ2n) is 10.9. The molecular weight excluding hydrogens is 502 g/mol. The maximum Gasteiger partial charge on any atom is 0.222 e. The number of anilines is 3. The molecule has 1 N–H and O–H groups in total. The SMILES string of the molecule is C[C@H]1COCCN1c1nc(-c2ccc(Nc3cccc(OCc4ccccc4)n3)cc2)nc2c1CCC1(CC1)O2. The molecule has 2 fully saturated rings. The second-order valence-corrected chi connectivity index (χ2v) is 10.9. The highest BCUT2D eigenvalue weighted by Gasteiger charge is 2.49. The van der Waals surface area contributed by atoms with Crippen LogP contribution in [0.3, 0.4) is 0 Å². The first-order chi connectivity index (χ1) is 19.6. The van der Waals surface area contributed by atoms with Gasteiger partial charge in [0.2, 0.25) is 11.8 Å². The highest BCUT2D eigenvalue weighted by Crippen LogP contribution is 2.49. The first kappa shape index (κ1) is 24.8. The predicted octanol–water partition coefficient (Wildman–Crippen LogP) is 5.94. The van der Waals surface area contributed by atoms with Crippen LogP contribution < -0.4 is 19.7 Å². The molecule has 8 heteroatoms. The Labute approximate surface area is 234 Å². The van der Waals surface area contributed by atoms with Gasteiger partial charge in [0.15, 0.2) is 5.82 Å². The van der Waals surface area contributed by atoms with Crippen LogP contribution in [-0.4, -0.2) is 46.4 Å². The molecule has 2 aromatic carbocycles. The molecule has 8 nitrogen and oxygen atoms in total. The zero-order chi connectivity index (χ0) is 26.9. The van der Waals surface area contributed by atoms with Crippen LogP contribution in [-0.2, 0) is 17.8 Å². The Morgan fingerprint density at radius 2 is 1.80 bits per heavy atom. The van der Waals surface area contributed by atoms with E-state index in [4.69, 9.17) is 24.2 Å². The lowest BCUT2D eigenvalue weighted by atomic mass is 10.0. The smallest absolute Gasteiger partial charge is 0.222 e. The standard InChI is InChI=1S/C32H33N5O3/c1-22-20-38-19-18-37(22)30-26-14-15-32(16-17-32)40-31(26)36-29(35-30)24-10-12-25(13-11-24)33-27-8-5-9-28(34-27)39-21-23-6-3-2-4-7-23/h2-13,22H,14-21H2,1H3,(H,33,34)/t22-/m0/s1. The highest BCUT2D eigenvalue weighted by atomic mass is 16.5. The van der Waals surface area contributed by atoms with E-state index < -0.39 is 0 Å². The van der Waals surface area contributed by atoms with Gasteiger partial charge in [-0.15, -0.1) is 0 Å². The average molecular weight is 536 g/mol. The van der Waals surface area contributed by atoms with Crippen molar-refractivity contribution in [3.8, 4) is 23.1 Å². The van der Waals surface area contributed by atoms with Crippen LogP contribution in [0.5, 0.6) is 11.8 Å². The molecule has 40 heavy (non-hydrogen) atoms. The minimum Gasteiger partial charge on any atom is -0.473 e. The van der Waals surface area contributed by atoms with Gasteiger partial charge in [0.25, 0.3) is 0 Å². The van der Waals surface area contributed by atoms with E-state index in [1.807, 2.05) is 72.8 Å². The van der Waals surface area contributed by atoms with Crippen molar-refractivity contribution in [3.63, 3.8) is 0 Å². The van der Waals surface area contributed by atoms with Crippen molar-refractivity contribution in [1.29, 1.82) is 0 Å². The van der Waals surface area contributed by atoms with Gasteiger partial charge in [-0.3, -0.25) is 0 Å². The van der Waals surface area contributed by atoms with E-state index in [0.717, 1.165) is 72.1 Å². The summed E-state index contributed by atoms with van der Waals surface area (Å²) in [5, 5.41) is 3.38. The largest absolute Gasteiger partial charge is 0.473 e. The van der Waals surface area contributed by atoms with E-state index in [2.05, 4.69) is 22.1 Å². The van der Waals surface area contributed by atoms with E-state index >= 15 is 0 Å². The number of fused-ring (bicyclic) bond motifs is 1. The second kappa shape index (κ2) is 10.4. The third kappa shape index (κ3) is 5.19. The Balaban J connectivity index is 1.11. The molecule has 1 saturated heterocycles. The zero-order valence-electron chi connectivity index (χ0n) is 22.7. The Morgan fingerprint density at radius 1 is 0.950 bits per heavy atom. The van der Waals surface area contributed by atoms with Crippen LogP contribution >= 0.6 is 0 Å². The zero-order valence-corrected chi connectivity index (χ0v) is 22.7. The maximum absolute atomic E-state index is 6.48. The number of hydrogen-bond acceptors (Lipinski definition) is 8. The van der Waals surface area contributed by atoms with Crippen molar-refractivity contribution in [3.05, 3.63) is 83.9 Å². The Morgan fingerprint density at radius 3 is 2.60 bits per heavy atom. The topological polar surface area (TPSA) is 81.6 Å². The maximum atomic E-state index is 6.48. The molecule has 1 atom stereocenters. The molecule has 0 unspecified atom stereocenters. The van der Waals surface area contributed by atoms with Crippen molar-refractivity contribution >= 4 is 17.3 Å². The van der Waals surface area contributed by atoms with Gasteiger partial charge in [0.1, 0.15) is 23.8 Å². The van der Waals surface area contributed by atoms with Crippen molar-refractivity contribution < 1.29 is 14.2 Å².